The van der Waals surface area contributed by atoms with E-state index < -0.39 is 5.82 Å². The molecule has 0 aliphatic carbocycles. The highest BCUT2D eigenvalue weighted by Gasteiger charge is 2.06. The molecule has 0 aliphatic rings. The molecule has 0 saturated carbocycles. The van der Waals surface area contributed by atoms with Crippen LogP contribution in [0.1, 0.15) is 5.69 Å². The molecule has 1 heterocycles. The summed E-state index contributed by atoms with van der Waals surface area (Å²) in [6.07, 6.45) is 0. The monoisotopic (exact) mass is 286 g/mol. The van der Waals surface area contributed by atoms with Gasteiger partial charge in [0.05, 0.1) is 15.7 Å². The topological polar surface area (TPSA) is 48.1 Å². The fourth-order valence-corrected chi connectivity index (χ4v) is 1.63. The molecule has 2 rings (SSSR count). The standard InChI is InChI=1S/C12H9Cl2FN2O/c13-8-2-1-7(5-10(8)15)18-12-4-3-9(14)11(6-16)17-12/h1-5H,6,16H2. The molecule has 0 bridgehead atoms. The minimum Gasteiger partial charge on any atom is -0.439 e. The number of aromatic nitrogens is 1. The quantitative estimate of drug-likeness (QED) is 0.934. The number of hydrogen-bond donors (Lipinski definition) is 1. The van der Waals surface area contributed by atoms with Gasteiger partial charge in [-0.05, 0) is 18.2 Å². The van der Waals surface area contributed by atoms with Crippen LogP contribution in [-0.2, 0) is 6.54 Å². The number of hydrogen-bond acceptors (Lipinski definition) is 3. The molecule has 1 aromatic carbocycles. The summed E-state index contributed by atoms with van der Waals surface area (Å²) in [6.45, 7) is 0.199. The van der Waals surface area contributed by atoms with Gasteiger partial charge in [-0.15, -0.1) is 0 Å². The normalized spacial score (nSPS) is 10.4. The van der Waals surface area contributed by atoms with Gasteiger partial charge in [-0.3, -0.25) is 0 Å². The number of halogens is 3. The summed E-state index contributed by atoms with van der Waals surface area (Å²) in [5.74, 6) is 0.0402. The van der Waals surface area contributed by atoms with Crippen LogP contribution < -0.4 is 10.5 Å². The van der Waals surface area contributed by atoms with Crippen LogP contribution in [0.15, 0.2) is 30.3 Å². The van der Waals surface area contributed by atoms with Gasteiger partial charge in [0.15, 0.2) is 0 Å². The van der Waals surface area contributed by atoms with Crippen LogP contribution in [-0.4, -0.2) is 4.98 Å². The Balaban J connectivity index is 2.25. The number of nitrogens with zero attached hydrogens (tertiary/aromatic N) is 1. The van der Waals surface area contributed by atoms with E-state index in [9.17, 15) is 4.39 Å². The Morgan fingerprint density at radius 2 is 1.89 bits per heavy atom. The second-order valence-electron chi connectivity index (χ2n) is 3.46. The minimum atomic E-state index is -0.554. The van der Waals surface area contributed by atoms with Gasteiger partial charge in [-0.1, -0.05) is 23.2 Å². The largest absolute Gasteiger partial charge is 0.439 e. The fourth-order valence-electron chi connectivity index (χ4n) is 1.33. The lowest BCUT2D eigenvalue weighted by Gasteiger charge is -2.07. The maximum Gasteiger partial charge on any atom is 0.219 e. The highest BCUT2D eigenvalue weighted by molar-refractivity contribution is 6.31. The SMILES string of the molecule is NCc1nc(Oc2ccc(Cl)c(F)c2)ccc1Cl. The smallest absolute Gasteiger partial charge is 0.219 e. The summed E-state index contributed by atoms with van der Waals surface area (Å²) >= 11 is 11.4. The molecule has 3 nitrogen and oxygen atoms in total. The van der Waals surface area contributed by atoms with E-state index in [1.165, 1.54) is 12.1 Å². The van der Waals surface area contributed by atoms with E-state index in [1.807, 2.05) is 0 Å². The van der Waals surface area contributed by atoms with Gasteiger partial charge in [0.2, 0.25) is 5.88 Å². The van der Waals surface area contributed by atoms with Gasteiger partial charge in [-0.2, -0.15) is 0 Å². The third kappa shape index (κ3) is 2.90. The van der Waals surface area contributed by atoms with Crippen molar-refractivity contribution in [2.75, 3.05) is 0 Å². The van der Waals surface area contributed by atoms with E-state index in [2.05, 4.69) is 4.98 Å². The first-order valence-electron chi connectivity index (χ1n) is 5.08. The maximum absolute atomic E-state index is 13.2. The lowest BCUT2D eigenvalue weighted by Crippen LogP contribution is -2.01. The van der Waals surface area contributed by atoms with Gasteiger partial charge < -0.3 is 10.5 Å². The van der Waals surface area contributed by atoms with Crippen molar-refractivity contribution in [2.45, 2.75) is 6.54 Å². The van der Waals surface area contributed by atoms with Crippen molar-refractivity contribution < 1.29 is 9.13 Å². The second-order valence-corrected chi connectivity index (χ2v) is 4.27. The molecule has 2 aromatic rings. The van der Waals surface area contributed by atoms with Crippen LogP contribution in [0.3, 0.4) is 0 Å². The van der Waals surface area contributed by atoms with E-state index in [0.717, 1.165) is 0 Å². The molecule has 18 heavy (non-hydrogen) atoms. The van der Waals surface area contributed by atoms with Crippen LogP contribution in [0.2, 0.25) is 10.0 Å². The van der Waals surface area contributed by atoms with Gasteiger partial charge in [0.1, 0.15) is 11.6 Å². The maximum atomic E-state index is 13.2. The highest BCUT2D eigenvalue weighted by atomic mass is 35.5. The number of pyridine rings is 1. The average molecular weight is 287 g/mol. The summed E-state index contributed by atoms with van der Waals surface area (Å²) in [6, 6.07) is 7.34. The average Bonchev–Trinajstić information content (AvgIpc) is 2.36. The number of nitrogens with two attached hydrogens (primary N) is 1. The first-order chi connectivity index (χ1) is 8.60. The molecule has 0 aliphatic heterocycles. The van der Waals surface area contributed by atoms with Gasteiger partial charge in [0.25, 0.3) is 0 Å². The molecular formula is C12H9Cl2FN2O. The molecular weight excluding hydrogens is 278 g/mol. The molecule has 94 valence electrons. The predicted molar refractivity (Wildman–Crippen MR) is 68.6 cm³/mol. The van der Waals surface area contributed by atoms with Gasteiger partial charge >= 0.3 is 0 Å². The van der Waals surface area contributed by atoms with Crippen molar-refractivity contribution in [3.8, 4) is 11.6 Å². The third-order valence-electron chi connectivity index (χ3n) is 2.20. The van der Waals surface area contributed by atoms with Crippen molar-refractivity contribution in [3.63, 3.8) is 0 Å². The Kier molecular flexibility index (Phi) is 4.01. The predicted octanol–water partition coefficient (Wildman–Crippen LogP) is 3.78. The highest BCUT2D eigenvalue weighted by Crippen LogP contribution is 2.26. The van der Waals surface area contributed by atoms with Crippen molar-refractivity contribution in [2.24, 2.45) is 5.73 Å². The lowest BCUT2D eigenvalue weighted by molar-refractivity contribution is 0.456. The van der Waals surface area contributed by atoms with E-state index in [-0.39, 0.29) is 11.6 Å². The Hall–Kier alpha value is -1.36. The van der Waals surface area contributed by atoms with E-state index in [1.54, 1.807) is 18.2 Å². The zero-order valence-corrected chi connectivity index (χ0v) is 10.7. The summed E-state index contributed by atoms with van der Waals surface area (Å²) in [5, 5.41) is 0.501. The van der Waals surface area contributed by atoms with Crippen LogP contribution >= 0.6 is 23.2 Å². The Morgan fingerprint density at radius 1 is 1.17 bits per heavy atom. The summed E-state index contributed by atoms with van der Waals surface area (Å²) in [4.78, 5) is 4.10. The second kappa shape index (κ2) is 5.52. The fraction of sp³-hybridized carbons (Fsp3) is 0.0833. The molecule has 0 fully saturated rings. The lowest BCUT2D eigenvalue weighted by atomic mass is 10.3. The molecule has 0 spiro atoms. The summed E-state index contributed by atoms with van der Waals surface area (Å²) < 4.78 is 18.6. The molecule has 0 saturated heterocycles. The first kappa shape index (κ1) is 13.1. The number of benzene rings is 1. The van der Waals surface area contributed by atoms with Gasteiger partial charge in [-0.25, -0.2) is 9.37 Å². The summed E-state index contributed by atoms with van der Waals surface area (Å²) in [7, 11) is 0. The van der Waals surface area contributed by atoms with Crippen LogP contribution in [0, 0.1) is 5.82 Å². The van der Waals surface area contributed by atoms with Crippen LogP contribution in [0.4, 0.5) is 4.39 Å². The molecule has 6 heteroatoms. The van der Waals surface area contributed by atoms with Crippen LogP contribution in [0.5, 0.6) is 11.6 Å². The van der Waals surface area contributed by atoms with Crippen molar-refractivity contribution >= 4 is 23.2 Å². The van der Waals surface area contributed by atoms with E-state index >= 15 is 0 Å². The van der Waals surface area contributed by atoms with Crippen molar-refractivity contribution in [3.05, 3.63) is 51.9 Å². The molecule has 0 amide bonds. The molecule has 0 atom stereocenters. The van der Waals surface area contributed by atoms with E-state index in [4.69, 9.17) is 33.7 Å². The molecule has 0 radical (unpaired) electrons. The zero-order chi connectivity index (χ0) is 13.1. The Labute approximate surface area is 113 Å². The first-order valence-corrected chi connectivity index (χ1v) is 5.84. The Bertz CT molecular complexity index is 578. The third-order valence-corrected chi connectivity index (χ3v) is 2.85. The van der Waals surface area contributed by atoms with Crippen molar-refractivity contribution in [1.82, 2.24) is 4.98 Å². The van der Waals surface area contributed by atoms with E-state index in [0.29, 0.717) is 22.3 Å². The summed E-state index contributed by atoms with van der Waals surface area (Å²) in [5.41, 5.74) is 5.99. The zero-order valence-electron chi connectivity index (χ0n) is 9.16. The number of ether oxygens (including phenoxy) is 1. The molecule has 1 aromatic heterocycles. The van der Waals surface area contributed by atoms with Crippen LogP contribution in [0.25, 0.3) is 0 Å². The number of rotatable bonds is 3. The molecule has 2 N–H and O–H groups in total. The van der Waals surface area contributed by atoms with Crippen molar-refractivity contribution in [1.29, 1.82) is 0 Å². The Morgan fingerprint density at radius 3 is 2.56 bits per heavy atom. The minimum absolute atomic E-state index is 0.0362. The molecule has 0 unspecified atom stereocenters. The van der Waals surface area contributed by atoms with Gasteiger partial charge in [0, 0.05) is 18.7 Å².